The molecule has 6 heteroatoms. The highest BCUT2D eigenvalue weighted by Gasteiger charge is 2.24. The van der Waals surface area contributed by atoms with E-state index in [2.05, 4.69) is 58.8 Å². The number of H-pyrrole nitrogens is 1. The van der Waals surface area contributed by atoms with Crippen LogP contribution < -0.4 is 15.0 Å². The predicted molar refractivity (Wildman–Crippen MR) is 150 cm³/mol. The maximum absolute atomic E-state index is 13.7. The lowest BCUT2D eigenvalue weighted by atomic mass is 10.0. The van der Waals surface area contributed by atoms with E-state index in [-0.39, 0.29) is 11.9 Å². The number of aromatic nitrogens is 1. The number of carbonyl (C=O) groups excluding carboxylic acids is 1. The molecule has 1 unspecified atom stereocenters. The molecule has 0 aliphatic carbocycles. The molecule has 0 spiro atoms. The number of nitrogens with one attached hydrogen (secondary N) is 2. The number of anilines is 1. The molecule has 4 aromatic rings. The molecule has 2 heterocycles. The molecule has 1 atom stereocenters. The third kappa shape index (κ3) is 5.45. The van der Waals surface area contributed by atoms with Gasteiger partial charge < -0.3 is 19.9 Å². The number of thioether (sulfide) groups is 1. The molecule has 3 aromatic carbocycles. The Morgan fingerprint density at radius 1 is 1.00 bits per heavy atom. The number of amides is 1. The highest BCUT2D eigenvalue weighted by molar-refractivity contribution is 7.98. The van der Waals surface area contributed by atoms with Crippen molar-refractivity contribution in [2.45, 2.75) is 31.1 Å². The highest BCUT2D eigenvalue weighted by Crippen LogP contribution is 2.27. The zero-order chi connectivity index (χ0) is 24.9. The summed E-state index contributed by atoms with van der Waals surface area (Å²) >= 11 is 1.98. The lowest BCUT2D eigenvalue weighted by molar-refractivity contribution is -0.120. The van der Waals surface area contributed by atoms with Crippen molar-refractivity contribution < 1.29 is 9.53 Å². The fourth-order valence-corrected chi connectivity index (χ4v) is 5.94. The Balaban J connectivity index is 1.42. The third-order valence-corrected chi connectivity index (χ3v) is 7.95. The average molecular weight is 500 g/mol. The number of nitrogens with zero attached hydrogens (tertiary/aromatic N) is 1. The Hall–Kier alpha value is -3.22. The Morgan fingerprint density at radius 2 is 1.81 bits per heavy atom. The molecule has 2 bridgehead atoms. The number of ether oxygens (including phenoxy) is 1. The molecule has 1 aliphatic rings. The van der Waals surface area contributed by atoms with Crippen LogP contribution in [0.1, 0.15) is 22.4 Å². The van der Waals surface area contributed by atoms with Crippen molar-refractivity contribution in [3.8, 4) is 5.75 Å². The molecular weight excluding hydrogens is 466 g/mol. The van der Waals surface area contributed by atoms with Gasteiger partial charge in [0, 0.05) is 41.6 Å². The van der Waals surface area contributed by atoms with E-state index in [4.69, 9.17) is 4.74 Å². The van der Waals surface area contributed by atoms with Crippen molar-refractivity contribution in [3.63, 3.8) is 0 Å². The minimum absolute atomic E-state index is 0.0624. The van der Waals surface area contributed by atoms with Gasteiger partial charge in [-0.1, -0.05) is 42.5 Å². The number of methoxy groups -OCH3 is 1. The van der Waals surface area contributed by atoms with Gasteiger partial charge in [0.05, 0.1) is 13.2 Å². The van der Waals surface area contributed by atoms with Gasteiger partial charge >= 0.3 is 0 Å². The van der Waals surface area contributed by atoms with Crippen LogP contribution in [0.15, 0.2) is 72.8 Å². The number of carbonyl (C=O) groups is 1. The Kier molecular flexibility index (Phi) is 7.63. The van der Waals surface area contributed by atoms with Crippen LogP contribution in [0.25, 0.3) is 10.9 Å². The number of para-hydroxylation sites is 1. The summed E-state index contributed by atoms with van der Waals surface area (Å²) in [5, 5.41) is 4.90. The molecular formula is C30H33N3O2S. The molecule has 1 aliphatic heterocycles. The van der Waals surface area contributed by atoms with Crippen LogP contribution in [-0.2, 0) is 29.8 Å². The summed E-state index contributed by atoms with van der Waals surface area (Å²) in [6.07, 6.45) is 2.54. The summed E-state index contributed by atoms with van der Waals surface area (Å²) in [7, 11) is 3.50. The van der Waals surface area contributed by atoms with Gasteiger partial charge in [-0.3, -0.25) is 4.79 Å². The summed E-state index contributed by atoms with van der Waals surface area (Å²) in [4.78, 5) is 19.1. The number of likely N-dealkylation sites (N-methyl/N-ethyl adjacent to an activating group) is 1. The van der Waals surface area contributed by atoms with Crippen LogP contribution in [0, 0.1) is 0 Å². The van der Waals surface area contributed by atoms with Crippen molar-refractivity contribution in [2.24, 2.45) is 0 Å². The molecule has 0 saturated heterocycles. The zero-order valence-corrected chi connectivity index (χ0v) is 21.7. The molecule has 0 radical (unpaired) electrons. The van der Waals surface area contributed by atoms with Gasteiger partial charge in [0.15, 0.2) is 0 Å². The van der Waals surface area contributed by atoms with Gasteiger partial charge in [-0.25, -0.2) is 0 Å². The molecule has 186 valence electrons. The lowest BCUT2D eigenvalue weighted by Crippen LogP contribution is -2.47. The van der Waals surface area contributed by atoms with E-state index < -0.39 is 0 Å². The second-order valence-electron chi connectivity index (χ2n) is 9.31. The average Bonchev–Trinajstić information content (AvgIpc) is 3.27. The van der Waals surface area contributed by atoms with Crippen LogP contribution in [0.4, 0.5) is 5.69 Å². The SMILES string of the molecule is COc1ccc(N(C)C(=O)C2Cc3cccc(c3)CCSCc3[nH]c4ccccc4c3CCN2)cc1. The summed E-state index contributed by atoms with van der Waals surface area (Å²) in [5.41, 5.74) is 7.21. The number of aromatic amines is 1. The first-order chi connectivity index (χ1) is 17.6. The molecule has 2 N–H and O–H groups in total. The quantitative estimate of drug-likeness (QED) is 0.398. The number of hydrogen-bond acceptors (Lipinski definition) is 4. The molecule has 1 amide bonds. The zero-order valence-electron chi connectivity index (χ0n) is 20.9. The largest absolute Gasteiger partial charge is 0.497 e. The van der Waals surface area contributed by atoms with E-state index in [0.29, 0.717) is 6.42 Å². The predicted octanol–water partition coefficient (Wildman–Crippen LogP) is 5.37. The van der Waals surface area contributed by atoms with E-state index in [1.165, 1.54) is 33.3 Å². The number of benzene rings is 3. The number of fused-ring (bicyclic) bond motifs is 5. The summed E-state index contributed by atoms with van der Waals surface area (Å²) in [6, 6.07) is 24.5. The van der Waals surface area contributed by atoms with Crippen molar-refractivity contribution >= 4 is 34.3 Å². The van der Waals surface area contributed by atoms with Crippen molar-refractivity contribution in [2.75, 3.05) is 31.4 Å². The standard InChI is InChI=1S/C30H33N3O2S/c1-33(23-10-12-24(35-2)13-11-23)30(34)28-19-22-7-5-6-21(18-22)15-17-36-20-29-26(14-16-31-28)25-8-3-4-9-27(25)32-29/h3-13,18,28,31-32H,14-17,19-20H2,1-2H3. The second-order valence-corrected chi connectivity index (χ2v) is 10.4. The maximum Gasteiger partial charge on any atom is 0.244 e. The van der Waals surface area contributed by atoms with Crippen LogP contribution >= 0.6 is 11.8 Å². The van der Waals surface area contributed by atoms with Crippen LogP contribution in [0.5, 0.6) is 5.75 Å². The Morgan fingerprint density at radius 3 is 2.64 bits per heavy atom. The minimum atomic E-state index is -0.321. The van der Waals surface area contributed by atoms with Crippen LogP contribution in [0.2, 0.25) is 0 Å². The van der Waals surface area contributed by atoms with Crippen LogP contribution in [-0.4, -0.2) is 43.4 Å². The van der Waals surface area contributed by atoms with Gasteiger partial charge in [-0.05, 0) is 72.0 Å². The lowest BCUT2D eigenvalue weighted by Gasteiger charge is -2.25. The first-order valence-electron chi connectivity index (χ1n) is 12.5. The van der Waals surface area contributed by atoms with E-state index in [1.54, 1.807) is 12.0 Å². The summed E-state index contributed by atoms with van der Waals surface area (Å²) in [5.74, 6) is 2.87. The fourth-order valence-electron chi connectivity index (χ4n) is 4.96. The van der Waals surface area contributed by atoms with E-state index in [0.717, 1.165) is 42.3 Å². The summed E-state index contributed by atoms with van der Waals surface area (Å²) in [6.45, 7) is 0.728. The Labute approximate surface area is 217 Å². The first kappa shape index (κ1) is 24.5. The molecule has 5 nitrogen and oxygen atoms in total. The van der Waals surface area contributed by atoms with Crippen molar-refractivity contribution in [3.05, 3.63) is 95.2 Å². The van der Waals surface area contributed by atoms with Gasteiger partial charge in [0.1, 0.15) is 5.75 Å². The molecule has 0 fully saturated rings. The van der Waals surface area contributed by atoms with E-state index in [1.807, 2.05) is 43.1 Å². The third-order valence-electron chi connectivity index (χ3n) is 6.97. The molecule has 0 saturated carbocycles. The monoisotopic (exact) mass is 499 g/mol. The fraction of sp³-hybridized carbons (Fsp3) is 0.300. The Bertz CT molecular complexity index is 1330. The van der Waals surface area contributed by atoms with Gasteiger partial charge in [0.25, 0.3) is 0 Å². The number of aryl methyl sites for hydroxylation is 1. The first-order valence-corrected chi connectivity index (χ1v) is 13.7. The van der Waals surface area contributed by atoms with Crippen molar-refractivity contribution in [1.82, 2.24) is 10.3 Å². The van der Waals surface area contributed by atoms with E-state index in [9.17, 15) is 4.79 Å². The topological polar surface area (TPSA) is 57.4 Å². The summed E-state index contributed by atoms with van der Waals surface area (Å²) < 4.78 is 5.28. The van der Waals surface area contributed by atoms with Gasteiger partial charge in [0.2, 0.25) is 5.91 Å². The minimum Gasteiger partial charge on any atom is -0.497 e. The normalized spacial score (nSPS) is 16.7. The van der Waals surface area contributed by atoms with Gasteiger partial charge in [-0.15, -0.1) is 0 Å². The number of hydrogen-bond donors (Lipinski definition) is 2. The van der Waals surface area contributed by atoms with E-state index >= 15 is 0 Å². The highest BCUT2D eigenvalue weighted by atomic mass is 32.2. The molecule has 1 aromatic heterocycles. The van der Waals surface area contributed by atoms with Crippen LogP contribution in [0.3, 0.4) is 0 Å². The smallest absolute Gasteiger partial charge is 0.244 e. The maximum atomic E-state index is 13.7. The van der Waals surface area contributed by atoms with Crippen molar-refractivity contribution in [1.29, 1.82) is 0 Å². The van der Waals surface area contributed by atoms with Gasteiger partial charge in [-0.2, -0.15) is 11.8 Å². The number of rotatable bonds is 3. The second kappa shape index (κ2) is 11.2. The molecule has 5 rings (SSSR count). The molecule has 36 heavy (non-hydrogen) atoms.